The van der Waals surface area contributed by atoms with Crippen LogP contribution in [0.25, 0.3) is 0 Å². The first-order chi connectivity index (χ1) is 16.1. The van der Waals surface area contributed by atoms with E-state index in [0.717, 1.165) is 6.42 Å². The Morgan fingerprint density at radius 2 is 1.71 bits per heavy atom. The number of nitrogens with two attached hydrogens (primary N) is 3. The van der Waals surface area contributed by atoms with E-state index in [4.69, 9.17) is 17.2 Å². The van der Waals surface area contributed by atoms with Gasteiger partial charge in [0.05, 0.1) is 6.04 Å². The number of hydrogen-bond donors (Lipinski definition) is 5. The average molecular weight is 482 g/mol. The molecule has 5 unspecified atom stereocenters. The number of amides is 3. The number of aliphatic imine (C=N–C) groups is 1. The molecular weight excluding hydrogens is 442 g/mol. The highest BCUT2D eigenvalue weighted by atomic mass is 16.4. The number of carboxylic acids is 1. The molecule has 3 amide bonds. The number of guanidine groups is 1. The van der Waals surface area contributed by atoms with Crippen molar-refractivity contribution in [1.29, 1.82) is 0 Å². The second kappa shape index (κ2) is 12.5. The zero-order valence-corrected chi connectivity index (χ0v) is 20.1. The number of nitrogens with one attached hydrogen (secondary N) is 1. The fourth-order valence-electron chi connectivity index (χ4n) is 4.50. The quantitative estimate of drug-likeness (QED) is 0.140. The van der Waals surface area contributed by atoms with Crippen LogP contribution >= 0.6 is 0 Å². The fourth-order valence-corrected chi connectivity index (χ4v) is 4.50. The van der Waals surface area contributed by atoms with Crippen LogP contribution in [-0.4, -0.2) is 88.4 Å². The summed E-state index contributed by atoms with van der Waals surface area (Å²) in [7, 11) is 0. The molecule has 12 heteroatoms. The highest BCUT2D eigenvalue weighted by Crippen LogP contribution is 2.26. The Bertz CT molecular complexity index is 786. The van der Waals surface area contributed by atoms with Gasteiger partial charge in [0.15, 0.2) is 5.96 Å². The van der Waals surface area contributed by atoms with Crippen molar-refractivity contribution in [2.45, 2.75) is 83.0 Å². The third-order valence-electron chi connectivity index (χ3n) is 6.76. The number of nitrogens with zero attached hydrogens (tertiary/aromatic N) is 3. The second-order valence-electron chi connectivity index (χ2n) is 9.14. The number of likely N-dealkylation sites (tertiary alicyclic amines) is 2. The summed E-state index contributed by atoms with van der Waals surface area (Å²) in [5.74, 6) is -2.28. The number of aliphatic carboxylic acids is 1. The molecular formula is C22H39N7O5. The molecule has 2 saturated heterocycles. The van der Waals surface area contributed by atoms with Crippen molar-refractivity contribution in [2.24, 2.45) is 28.1 Å². The maximum Gasteiger partial charge on any atom is 0.326 e. The molecule has 2 aliphatic heterocycles. The van der Waals surface area contributed by atoms with E-state index < -0.39 is 36.0 Å². The van der Waals surface area contributed by atoms with Crippen LogP contribution in [0.2, 0.25) is 0 Å². The second-order valence-corrected chi connectivity index (χ2v) is 9.14. The molecule has 0 radical (unpaired) electrons. The molecule has 0 aromatic heterocycles. The molecule has 0 aliphatic carbocycles. The van der Waals surface area contributed by atoms with Gasteiger partial charge in [-0.3, -0.25) is 19.4 Å². The predicted octanol–water partition coefficient (Wildman–Crippen LogP) is -1.04. The first-order valence-corrected chi connectivity index (χ1v) is 12.0. The number of carbonyl (C=O) groups excluding carboxylic acids is 3. The summed E-state index contributed by atoms with van der Waals surface area (Å²) in [5, 5.41) is 12.1. The van der Waals surface area contributed by atoms with E-state index in [-0.39, 0.29) is 36.7 Å². The highest BCUT2D eigenvalue weighted by Gasteiger charge is 2.43. The third-order valence-corrected chi connectivity index (χ3v) is 6.76. The minimum Gasteiger partial charge on any atom is -0.480 e. The average Bonchev–Trinajstić information content (AvgIpc) is 3.48. The zero-order valence-electron chi connectivity index (χ0n) is 20.1. The van der Waals surface area contributed by atoms with Gasteiger partial charge in [-0.05, 0) is 44.4 Å². The van der Waals surface area contributed by atoms with Crippen molar-refractivity contribution in [3.05, 3.63) is 0 Å². The Hall–Kier alpha value is -2.89. The SMILES string of the molecule is CCC(C)C(N)C(=O)N1CCCC1C(=O)N1CCCC1C(=O)NC(CCCN=C(N)N)C(=O)O. The Kier molecular flexibility index (Phi) is 10.1. The van der Waals surface area contributed by atoms with Crippen LogP contribution in [0.15, 0.2) is 4.99 Å². The van der Waals surface area contributed by atoms with E-state index in [0.29, 0.717) is 45.2 Å². The van der Waals surface area contributed by atoms with Crippen molar-refractivity contribution in [3.8, 4) is 0 Å². The van der Waals surface area contributed by atoms with E-state index >= 15 is 0 Å². The number of hydrogen-bond acceptors (Lipinski definition) is 6. The van der Waals surface area contributed by atoms with Gasteiger partial charge in [-0.2, -0.15) is 0 Å². The van der Waals surface area contributed by atoms with Crippen LogP contribution in [0, 0.1) is 5.92 Å². The molecule has 2 aliphatic rings. The summed E-state index contributed by atoms with van der Waals surface area (Å²) < 4.78 is 0. The largest absolute Gasteiger partial charge is 0.480 e. The summed E-state index contributed by atoms with van der Waals surface area (Å²) in [5.41, 5.74) is 16.7. The molecule has 0 spiro atoms. The lowest BCUT2D eigenvalue weighted by molar-refractivity contribution is -0.148. The molecule has 12 nitrogen and oxygen atoms in total. The van der Waals surface area contributed by atoms with E-state index in [1.807, 2.05) is 13.8 Å². The summed E-state index contributed by atoms with van der Waals surface area (Å²) in [6.07, 6.45) is 3.55. The van der Waals surface area contributed by atoms with E-state index in [1.54, 1.807) is 4.90 Å². The number of carbonyl (C=O) groups is 4. The molecule has 2 heterocycles. The van der Waals surface area contributed by atoms with E-state index in [9.17, 15) is 24.3 Å². The summed E-state index contributed by atoms with van der Waals surface area (Å²) in [4.78, 5) is 57.8. The molecule has 0 saturated carbocycles. The van der Waals surface area contributed by atoms with Crippen molar-refractivity contribution in [2.75, 3.05) is 19.6 Å². The molecule has 2 fully saturated rings. The Morgan fingerprint density at radius 3 is 2.29 bits per heavy atom. The lowest BCUT2D eigenvalue weighted by Gasteiger charge is -2.33. The molecule has 0 bridgehead atoms. The molecule has 0 aromatic carbocycles. The lowest BCUT2D eigenvalue weighted by Crippen LogP contribution is -2.56. The Labute approximate surface area is 200 Å². The van der Waals surface area contributed by atoms with Crippen molar-refractivity contribution in [1.82, 2.24) is 15.1 Å². The van der Waals surface area contributed by atoms with Gasteiger partial charge < -0.3 is 37.4 Å². The van der Waals surface area contributed by atoms with Crippen LogP contribution in [0.5, 0.6) is 0 Å². The fraction of sp³-hybridized carbons (Fsp3) is 0.773. The minimum atomic E-state index is -1.17. The van der Waals surface area contributed by atoms with Crippen LogP contribution in [0.4, 0.5) is 0 Å². The summed E-state index contributed by atoms with van der Waals surface area (Å²) >= 11 is 0. The van der Waals surface area contributed by atoms with Crippen LogP contribution in [0.3, 0.4) is 0 Å². The Morgan fingerprint density at radius 1 is 1.09 bits per heavy atom. The van der Waals surface area contributed by atoms with Crippen LogP contribution in [-0.2, 0) is 19.2 Å². The van der Waals surface area contributed by atoms with Crippen LogP contribution in [0.1, 0.15) is 58.8 Å². The standard InChI is InChI=1S/C22H39N7O5/c1-3-13(2)17(23)20(32)29-12-6-9-16(29)19(31)28-11-5-8-15(28)18(30)27-14(21(33)34)7-4-10-26-22(24)25/h13-17H,3-12,23H2,1-2H3,(H,27,30)(H,33,34)(H4,24,25,26). The lowest BCUT2D eigenvalue weighted by atomic mass is 9.98. The monoisotopic (exact) mass is 481 g/mol. The van der Waals surface area contributed by atoms with Gasteiger partial charge in [0.2, 0.25) is 17.7 Å². The van der Waals surface area contributed by atoms with Crippen molar-refractivity contribution < 1.29 is 24.3 Å². The first kappa shape index (κ1) is 27.4. The van der Waals surface area contributed by atoms with E-state index in [2.05, 4.69) is 10.3 Å². The summed E-state index contributed by atoms with van der Waals surface area (Å²) in [6.45, 7) is 4.96. The molecule has 5 atom stereocenters. The number of carboxylic acid groups (broad SMARTS) is 1. The Balaban J connectivity index is 2.04. The van der Waals surface area contributed by atoms with E-state index in [1.165, 1.54) is 4.90 Å². The highest BCUT2D eigenvalue weighted by molar-refractivity contribution is 5.94. The number of rotatable bonds is 11. The van der Waals surface area contributed by atoms with Gasteiger partial charge in [-0.25, -0.2) is 4.79 Å². The molecule has 0 aromatic rings. The van der Waals surface area contributed by atoms with Gasteiger partial charge in [0.1, 0.15) is 18.1 Å². The summed E-state index contributed by atoms with van der Waals surface area (Å²) in [6, 6.07) is -3.21. The topological polar surface area (TPSA) is 197 Å². The molecule has 192 valence electrons. The van der Waals surface area contributed by atoms with Gasteiger partial charge in [0.25, 0.3) is 0 Å². The van der Waals surface area contributed by atoms with Crippen molar-refractivity contribution >= 4 is 29.7 Å². The van der Waals surface area contributed by atoms with Crippen LogP contribution < -0.4 is 22.5 Å². The maximum absolute atomic E-state index is 13.4. The third kappa shape index (κ3) is 6.81. The molecule has 8 N–H and O–H groups in total. The van der Waals surface area contributed by atoms with Gasteiger partial charge in [-0.1, -0.05) is 20.3 Å². The van der Waals surface area contributed by atoms with Crippen molar-refractivity contribution in [3.63, 3.8) is 0 Å². The van der Waals surface area contributed by atoms with Gasteiger partial charge in [0, 0.05) is 19.6 Å². The maximum atomic E-state index is 13.4. The first-order valence-electron chi connectivity index (χ1n) is 12.0. The predicted molar refractivity (Wildman–Crippen MR) is 126 cm³/mol. The minimum absolute atomic E-state index is 0.00546. The molecule has 34 heavy (non-hydrogen) atoms. The molecule has 2 rings (SSSR count). The van der Waals surface area contributed by atoms with Gasteiger partial charge >= 0.3 is 5.97 Å². The van der Waals surface area contributed by atoms with Gasteiger partial charge in [-0.15, -0.1) is 0 Å². The smallest absolute Gasteiger partial charge is 0.326 e. The zero-order chi connectivity index (χ0) is 25.4. The normalized spacial score (nSPS) is 22.7.